The van der Waals surface area contributed by atoms with Crippen LogP contribution < -0.4 is 0 Å². The smallest absolute Gasteiger partial charge is 0.0865 e. The third-order valence-corrected chi connectivity index (χ3v) is 2.27. The molecule has 0 atom stereocenters. The molecule has 0 aromatic rings. The van der Waals surface area contributed by atoms with Gasteiger partial charge in [-0.25, -0.2) is 0 Å². The van der Waals surface area contributed by atoms with E-state index < -0.39 is 0 Å². The zero-order valence-electron chi connectivity index (χ0n) is 6.51. The van der Waals surface area contributed by atoms with E-state index in [1.54, 1.807) is 0 Å². The Morgan fingerprint density at radius 3 is 2.60 bits per heavy atom. The summed E-state index contributed by atoms with van der Waals surface area (Å²) in [6.07, 6.45) is 5.28. The van der Waals surface area contributed by atoms with Gasteiger partial charge in [0.1, 0.15) is 0 Å². The van der Waals surface area contributed by atoms with Crippen molar-refractivity contribution in [1.29, 1.82) is 5.26 Å². The summed E-state index contributed by atoms with van der Waals surface area (Å²) in [5.41, 5.74) is 0. The van der Waals surface area contributed by atoms with Crippen molar-refractivity contribution in [2.24, 2.45) is 0 Å². The summed E-state index contributed by atoms with van der Waals surface area (Å²) in [5, 5.41) is 8.41. The lowest BCUT2D eigenvalue weighted by Gasteiger charge is -2.19. The van der Waals surface area contributed by atoms with Crippen LogP contribution >= 0.6 is 0 Å². The zero-order valence-corrected chi connectivity index (χ0v) is 6.51. The van der Waals surface area contributed by atoms with Gasteiger partial charge in [-0.15, -0.1) is 0 Å². The molecule has 1 rings (SSSR count). The van der Waals surface area contributed by atoms with Crippen molar-refractivity contribution in [3.8, 4) is 6.07 Å². The molecule has 1 fully saturated rings. The average Bonchev–Trinajstić information content (AvgIpc) is 2.38. The van der Waals surface area contributed by atoms with Gasteiger partial charge in [0.05, 0.1) is 12.6 Å². The van der Waals surface area contributed by atoms with Crippen LogP contribution in [0.5, 0.6) is 0 Å². The lowest BCUT2D eigenvalue weighted by molar-refractivity contribution is 0.274. The molecule has 0 radical (unpaired) electrons. The zero-order chi connectivity index (χ0) is 7.40. The molecule has 0 aromatic heterocycles. The van der Waals surface area contributed by atoms with Crippen LogP contribution in [-0.2, 0) is 0 Å². The average molecular weight is 138 g/mol. The van der Waals surface area contributed by atoms with Gasteiger partial charge in [0.25, 0.3) is 0 Å². The van der Waals surface area contributed by atoms with E-state index in [-0.39, 0.29) is 0 Å². The van der Waals surface area contributed by atoms with Gasteiger partial charge in [-0.1, -0.05) is 12.8 Å². The van der Waals surface area contributed by atoms with Crippen molar-refractivity contribution in [1.82, 2.24) is 4.90 Å². The molecular formula is C8H14N2. The number of rotatable bonds is 2. The second-order valence-electron chi connectivity index (χ2n) is 3.01. The summed E-state index contributed by atoms with van der Waals surface area (Å²) in [4.78, 5) is 2.16. The molecule has 0 heterocycles. The molecule has 0 aromatic carbocycles. The number of hydrogen-bond acceptors (Lipinski definition) is 2. The van der Waals surface area contributed by atoms with E-state index in [2.05, 4.69) is 11.0 Å². The molecule has 1 aliphatic carbocycles. The van der Waals surface area contributed by atoms with E-state index in [4.69, 9.17) is 5.26 Å². The molecule has 2 heteroatoms. The van der Waals surface area contributed by atoms with Gasteiger partial charge in [-0.3, -0.25) is 4.90 Å². The minimum atomic E-state index is 0.588. The molecule has 2 nitrogen and oxygen atoms in total. The molecule has 0 saturated heterocycles. The van der Waals surface area contributed by atoms with Crippen molar-refractivity contribution in [2.45, 2.75) is 31.7 Å². The minimum absolute atomic E-state index is 0.588. The highest BCUT2D eigenvalue weighted by Gasteiger charge is 2.18. The summed E-state index contributed by atoms with van der Waals surface area (Å²) < 4.78 is 0. The summed E-state index contributed by atoms with van der Waals surface area (Å²) in [7, 11) is 2.04. The van der Waals surface area contributed by atoms with Crippen LogP contribution in [0.4, 0.5) is 0 Å². The van der Waals surface area contributed by atoms with Gasteiger partial charge < -0.3 is 0 Å². The highest BCUT2D eigenvalue weighted by atomic mass is 15.1. The Morgan fingerprint density at radius 2 is 2.10 bits per heavy atom. The van der Waals surface area contributed by atoms with Crippen molar-refractivity contribution in [3.63, 3.8) is 0 Å². The van der Waals surface area contributed by atoms with Crippen LogP contribution in [0.2, 0.25) is 0 Å². The Bertz CT molecular complexity index is 131. The molecule has 0 bridgehead atoms. The quantitative estimate of drug-likeness (QED) is 0.539. The first-order chi connectivity index (χ1) is 4.84. The first-order valence-electron chi connectivity index (χ1n) is 3.92. The van der Waals surface area contributed by atoms with Crippen LogP contribution in [0.15, 0.2) is 0 Å². The summed E-state index contributed by atoms with van der Waals surface area (Å²) in [6.45, 7) is 0.588. The minimum Gasteiger partial charge on any atom is -0.291 e. The predicted molar refractivity (Wildman–Crippen MR) is 40.5 cm³/mol. The highest BCUT2D eigenvalue weighted by molar-refractivity contribution is 4.82. The maximum atomic E-state index is 8.41. The molecular weight excluding hydrogens is 124 g/mol. The van der Waals surface area contributed by atoms with Crippen LogP contribution in [0.1, 0.15) is 25.7 Å². The molecule has 0 N–H and O–H groups in total. The van der Waals surface area contributed by atoms with Crippen LogP contribution in [0.3, 0.4) is 0 Å². The molecule has 1 saturated carbocycles. The Hall–Kier alpha value is -0.550. The Balaban J connectivity index is 2.26. The Kier molecular flexibility index (Phi) is 2.70. The molecule has 56 valence electrons. The van der Waals surface area contributed by atoms with Crippen LogP contribution in [0, 0.1) is 11.3 Å². The van der Waals surface area contributed by atoms with Crippen molar-refractivity contribution >= 4 is 0 Å². The van der Waals surface area contributed by atoms with E-state index in [1.165, 1.54) is 25.7 Å². The third-order valence-electron chi connectivity index (χ3n) is 2.27. The van der Waals surface area contributed by atoms with E-state index in [9.17, 15) is 0 Å². The van der Waals surface area contributed by atoms with Crippen molar-refractivity contribution in [2.75, 3.05) is 13.6 Å². The SMILES string of the molecule is CN(CC#N)C1CCCC1. The topological polar surface area (TPSA) is 27.0 Å². The van der Waals surface area contributed by atoms with Gasteiger partial charge >= 0.3 is 0 Å². The van der Waals surface area contributed by atoms with Gasteiger partial charge in [-0.05, 0) is 19.9 Å². The standard InChI is InChI=1S/C8H14N2/c1-10(7-6-9)8-4-2-3-5-8/h8H,2-5,7H2,1H3. The molecule has 0 unspecified atom stereocenters. The van der Waals surface area contributed by atoms with Gasteiger partial charge in [-0.2, -0.15) is 5.26 Å². The summed E-state index contributed by atoms with van der Waals surface area (Å²) in [5.74, 6) is 0. The normalized spacial score (nSPS) is 19.7. The fourth-order valence-corrected chi connectivity index (χ4v) is 1.59. The van der Waals surface area contributed by atoms with Crippen LogP contribution in [-0.4, -0.2) is 24.5 Å². The van der Waals surface area contributed by atoms with E-state index in [1.807, 2.05) is 7.05 Å². The predicted octanol–water partition coefficient (Wildman–Crippen LogP) is 1.38. The number of hydrogen-bond donors (Lipinski definition) is 0. The largest absolute Gasteiger partial charge is 0.291 e. The van der Waals surface area contributed by atoms with Gasteiger partial charge in [0.15, 0.2) is 0 Å². The summed E-state index contributed by atoms with van der Waals surface area (Å²) >= 11 is 0. The Labute approximate surface area is 62.4 Å². The van der Waals surface area contributed by atoms with Crippen molar-refractivity contribution < 1.29 is 0 Å². The highest BCUT2D eigenvalue weighted by Crippen LogP contribution is 2.21. The maximum absolute atomic E-state index is 8.41. The third kappa shape index (κ3) is 1.71. The monoisotopic (exact) mass is 138 g/mol. The van der Waals surface area contributed by atoms with E-state index >= 15 is 0 Å². The van der Waals surface area contributed by atoms with Crippen molar-refractivity contribution in [3.05, 3.63) is 0 Å². The Morgan fingerprint density at radius 1 is 1.50 bits per heavy atom. The second-order valence-corrected chi connectivity index (χ2v) is 3.01. The van der Waals surface area contributed by atoms with Gasteiger partial charge in [0.2, 0.25) is 0 Å². The molecule has 10 heavy (non-hydrogen) atoms. The fraction of sp³-hybridized carbons (Fsp3) is 0.875. The number of nitriles is 1. The lowest BCUT2D eigenvalue weighted by atomic mass is 10.2. The van der Waals surface area contributed by atoms with E-state index in [0.29, 0.717) is 12.6 Å². The first-order valence-corrected chi connectivity index (χ1v) is 3.92. The van der Waals surface area contributed by atoms with E-state index in [0.717, 1.165) is 0 Å². The second kappa shape index (κ2) is 3.58. The summed E-state index contributed by atoms with van der Waals surface area (Å²) in [6, 6.07) is 2.86. The van der Waals surface area contributed by atoms with Crippen LogP contribution in [0.25, 0.3) is 0 Å². The maximum Gasteiger partial charge on any atom is 0.0865 e. The molecule has 0 spiro atoms. The number of nitrogens with zero attached hydrogens (tertiary/aromatic N) is 2. The molecule has 0 amide bonds. The lowest BCUT2D eigenvalue weighted by Crippen LogP contribution is -2.29. The fourth-order valence-electron chi connectivity index (χ4n) is 1.59. The first kappa shape index (κ1) is 7.56. The molecule has 1 aliphatic rings. The van der Waals surface area contributed by atoms with Gasteiger partial charge in [0, 0.05) is 6.04 Å². The molecule has 0 aliphatic heterocycles.